The summed E-state index contributed by atoms with van der Waals surface area (Å²) in [5.41, 5.74) is 7.24. The Balaban J connectivity index is 2.02. The molecule has 0 amide bonds. The second-order valence-electron chi connectivity index (χ2n) is 4.19. The minimum absolute atomic E-state index is 0.0341. The van der Waals surface area contributed by atoms with Crippen molar-refractivity contribution >= 4 is 5.78 Å². The van der Waals surface area contributed by atoms with Gasteiger partial charge in [0.1, 0.15) is 5.78 Å². The first-order chi connectivity index (χ1) is 7.27. The molecule has 1 aliphatic carbocycles. The Morgan fingerprint density at radius 1 is 1.40 bits per heavy atom. The molecule has 1 atom stereocenters. The number of carbonyl (C=O) groups excluding carboxylic acids is 1. The summed E-state index contributed by atoms with van der Waals surface area (Å²) in [6, 6.07) is 3.95. The van der Waals surface area contributed by atoms with Crippen LogP contribution in [-0.4, -0.2) is 10.8 Å². The van der Waals surface area contributed by atoms with Crippen LogP contribution in [-0.2, 0) is 4.79 Å². The number of Topliss-reactive ketones (excluding diaryl/α,β-unsaturated/α-hetero) is 1. The fourth-order valence-electron chi connectivity index (χ4n) is 2.17. The second-order valence-corrected chi connectivity index (χ2v) is 4.19. The van der Waals surface area contributed by atoms with Crippen molar-refractivity contribution in [2.24, 2.45) is 11.7 Å². The largest absolute Gasteiger partial charge is 0.324 e. The van der Waals surface area contributed by atoms with E-state index in [4.69, 9.17) is 5.73 Å². The number of nitrogens with two attached hydrogens (primary N) is 1. The molecule has 3 nitrogen and oxygen atoms in total. The number of hydrogen-bond acceptors (Lipinski definition) is 3. The van der Waals surface area contributed by atoms with E-state index in [9.17, 15) is 4.79 Å². The number of pyridine rings is 1. The Hall–Kier alpha value is -1.22. The van der Waals surface area contributed by atoms with Crippen molar-refractivity contribution in [1.29, 1.82) is 0 Å². The number of hydrogen-bond donors (Lipinski definition) is 1. The predicted octanol–water partition coefficient (Wildman–Crippen LogP) is 1.84. The monoisotopic (exact) mass is 204 g/mol. The van der Waals surface area contributed by atoms with Gasteiger partial charge in [-0.3, -0.25) is 9.78 Å². The average Bonchev–Trinajstić information content (AvgIpc) is 2.30. The van der Waals surface area contributed by atoms with Gasteiger partial charge < -0.3 is 5.73 Å². The fourth-order valence-corrected chi connectivity index (χ4v) is 2.17. The maximum atomic E-state index is 11.1. The lowest BCUT2D eigenvalue weighted by Gasteiger charge is -2.26. The molecular weight excluding hydrogens is 188 g/mol. The van der Waals surface area contributed by atoms with Crippen molar-refractivity contribution in [3.05, 3.63) is 30.1 Å². The molecule has 2 rings (SSSR count). The second kappa shape index (κ2) is 4.53. The van der Waals surface area contributed by atoms with Crippen LogP contribution >= 0.6 is 0 Å². The summed E-state index contributed by atoms with van der Waals surface area (Å²) >= 11 is 0. The molecule has 0 aliphatic heterocycles. The number of carbonyl (C=O) groups is 1. The smallest absolute Gasteiger partial charge is 0.132 e. The molecule has 1 aliphatic rings. The molecule has 15 heavy (non-hydrogen) atoms. The van der Waals surface area contributed by atoms with E-state index >= 15 is 0 Å². The van der Waals surface area contributed by atoms with E-state index in [-0.39, 0.29) is 6.04 Å². The Labute approximate surface area is 89.7 Å². The van der Waals surface area contributed by atoms with Crippen LogP contribution in [0.4, 0.5) is 0 Å². The molecule has 0 bridgehead atoms. The van der Waals surface area contributed by atoms with Crippen LogP contribution in [0.25, 0.3) is 0 Å². The molecule has 0 radical (unpaired) electrons. The highest BCUT2D eigenvalue weighted by atomic mass is 16.1. The van der Waals surface area contributed by atoms with Crippen molar-refractivity contribution in [3.63, 3.8) is 0 Å². The van der Waals surface area contributed by atoms with Crippen molar-refractivity contribution in [2.45, 2.75) is 31.7 Å². The number of ketones is 1. The van der Waals surface area contributed by atoms with Gasteiger partial charge in [-0.05, 0) is 30.4 Å². The number of aromatic nitrogens is 1. The zero-order valence-corrected chi connectivity index (χ0v) is 8.73. The first-order valence-corrected chi connectivity index (χ1v) is 5.44. The molecule has 2 N–H and O–H groups in total. The lowest BCUT2D eigenvalue weighted by atomic mass is 9.81. The molecule has 1 unspecified atom stereocenters. The molecule has 3 heteroatoms. The van der Waals surface area contributed by atoms with Gasteiger partial charge in [-0.1, -0.05) is 6.07 Å². The highest BCUT2D eigenvalue weighted by Crippen LogP contribution is 2.31. The third-order valence-electron chi connectivity index (χ3n) is 3.17. The van der Waals surface area contributed by atoms with Gasteiger partial charge in [0.25, 0.3) is 0 Å². The molecule has 0 saturated heterocycles. The lowest BCUT2D eigenvalue weighted by molar-refractivity contribution is -0.121. The van der Waals surface area contributed by atoms with Gasteiger partial charge in [0.2, 0.25) is 0 Å². The van der Waals surface area contributed by atoms with E-state index in [2.05, 4.69) is 4.98 Å². The Bertz CT molecular complexity index is 327. The van der Waals surface area contributed by atoms with Gasteiger partial charge in [-0.15, -0.1) is 0 Å². The zero-order valence-electron chi connectivity index (χ0n) is 8.73. The molecule has 1 saturated carbocycles. The van der Waals surface area contributed by atoms with Crippen molar-refractivity contribution in [2.75, 3.05) is 0 Å². The molecule has 80 valence electrons. The third-order valence-corrected chi connectivity index (χ3v) is 3.17. The van der Waals surface area contributed by atoms with E-state index in [1.54, 1.807) is 6.20 Å². The van der Waals surface area contributed by atoms with E-state index in [0.717, 1.165) is 18.4 Å². The lowest BCUT2D eigenvalue weighted by Crippen LogP contribution is -2.26. The summed E-state index contributed by atoms with van der Waals surface area (Å²) in [7, 11) is 0. The average molecular weight is 204 g/mol. The summed E-state index contributed by atoms with van der Waals surface area (Å²) < 4.78 is 0. The summed E-state index contributed by atoms with van der Waals surface area (Å²) in [6.45, 7) is 0. The van der Waals surface area contributed by atoms with Crippen molar-refractivity contribution in [1.82, 2.24) is 4.98 Å². The summed E-state index contributed by atoms with van der Waals surface area (Å²) in [4.78, 5) is 15.2. The standard InChI is InChI=1S/C12H16N2O/c13-12(10-2-1-7-14-8-10)9-3-5-11(15)6-4-9/h1-2,7-9,12H,3-6,13H2. The minimum Gasteiger partial charge on any atom is -0.324 e. The van der Waals surface area contributed by atoms with Gasteiger partial charge in [0.05, 0.1) is 0 Å². The number of nitrogens with zero attached hydrogens (tertiary/aromatic N) is 1. The SMILES string of the molecule is NC(c1cccnc1)C1CCC(=O)CC1. The summed E-state index contributed by atoms with van der Waals surface area (Å²) in [5, 5.41) is 0. The normalized spacial score (nSPS) is 20.2. The maximum Gasteiger partial charge on any atom is 0.132 e. The zero-order chi connectivity index (χ0) is 10.7. The molecule has 1 aromatic rings. The Morgan fingerprint density at radius 3 is 2.73 bits per heavy atom. The van der Waals surface area contributed by atoms with Crippen LogP contribution in [0.15, 0.2) is 24.5 Å². The van der Waals surface area contributed by atoms with E-state index in [1.165, 1.54) is 0 Å². The predicted molar refractivity (Wildman–Crippen MR) is 58.1 cm³/mol. The van der Waals surface area contributed by atoms with Crippen LogP contribution < -0.4 is 5.73 Å². The quantitative estimate of drug-likeness (QED) is 0.799. The fraction of sp³-hybridized carbons (Fsp3) is 0.500. The highest BCUT2D eigenvalue weighted by molar-refractivity contribution is 5.79. The maximum absolute atomic E-state index is 11.1. The van der Waals surface area contributed by atoms with E-state index in [0.29, 0.717) is 24.5 Å². The topological polar surface area (TPSA) is 56.0 Å². The Morgan fingerprint density at radius 2 is 2.13 bits per heavy atom. The molecule has 1 heterocycles. The highest BCUT2D eigenvalue weighted by Gasteiger charge is 2.24. The first-order valence-electron chi connectivity index (χ1n) is 5.44. The number of rotatable bonds is 2. The van der Waals surface area contributed by atoms with Gasteiger partial charge in [-0.2, -0.15) is 0 Å². The van der Waals surface area contributed by atoms with Crippen molar-refractivity contribution in [3.8, 4) is 0 Å². The third kappa shape index (κ3) is 2.42. The van der Waals surface area contributed by atoms with E-state index < -0.39 is 0 Å². The van der Waals surface area contributed by atoms with Gasteiger partial charge >= 0.3 is 0 Å². The van der Waals surface area contributed by atoms with Gasteiger partial charge in [0.15, 0.2) is 0 Å². The van der Waals surface area contributed by atoms with Crippen LogP contribution in [0.5, 0.6) is 0 Å². The molecule has 1 fully saturated rings. The molecule has 0 spiro atoms. The van der Waals surface area contributed by atoms with Crippen LogP contribution in [0.2, 0.25) is 0 Å². The van der Waals surface area contributed by atoms with Gasteiger partial charge in [-0.25, -0.2) is 0 Å². The van der Waals surface area contributed by atoms with E-state index in [1.807, 2.05) is 18.3 Å². The molecule has 0 aromatic carbocycles. The summed E-state index contributed by atoms with van der Waals surface area (Å²) in [6.07, 6.45) is 6.81. The molecule has 1 aromatic heterocycles. The summed E-state index contributed by atoms with van der Waals surface area (Å²) in [5.74, 6) is 0.816. The van der Waals surface area contributed by atoms with Gasteiger partial charge in [0, 0.05) is 31.3 Å². The van der Waals surface area contributed by atoms with Crippen LogP contribution in [0, 0.1) is 5.92 Å². The Kier molecular flexibility index (Phi) is 3.11. The van der Waals surface area contributed by atoms with Crippen LogP contribution in [0.3, 0.4) is 0 Å². The van der Waals surface area contributed by atoms with Crippen molar-refractivity contribution < 1.29 is 4.79 Å². The first kappa shape index (κ1) is 10.3. The molecular formula is C12H16N2O. The van der Waals surface area contributed by atoms with Crippen LogP contribution in [0.1, 0.15) is 37.3 Å². The minimum atomic E-state index is 0.0341.